The predicted molar refractivity (Wildman–Crippen MR) is 44.8 cm³/mol. The van der Waals surface area contributed by atoms with Crippen molar-refractivity contribution in [2.24, 2.45) is 0 Å². The molecule has 5 atom stereocenters. The van der Waals surface area contributed by atoms with Gasteiger partial charge in [0.2, 0.25) is 0 Å². The summed E-state index contributed by atoms with van der Waals surface area (Å²) >= 11 is 0. The van der Waals surface area contributed by atoms with Crippen molar-refractivity contribution in [1.82, 2.24) is 0 Å². The van der Waals surface area contributed by atoms with Crippen LogP contribution in [0.2, 0.25) is 0 Å². The minimum atomic E-state index is -2.29. The lowest BCUT2D eigenvalue weighted by molar-refractivity contribution is -0.169. The third-order valence-electron chi connectivity index (χ3n) is 1.86. The summed E-state index contributed by atoms with van der Waals surface area (Å²) in [6.45, 7) is -0.881. The summed E-state index contributed by atoms with van der Waals surface area (Å²) < 4.78 is 0. The lowest BCUT2D eigenvalue weighted by atomic mass is 9.99. The van der Waals surface area contributed by atoms with E-state index >= 15 is 0 Å². The number of aliphatic carboxylic acids is 1. The van der Waals surface area contributed by atoms with Crippen LogP contribution < -0.4 is 0 Å². The molecule has 15 heavy (non-hydrogen) atoms. The standard InChI is InChI=1S/C7H14O8/c8-1-2(9)3(10)4(11)5(12)6(13)7(14)15/h2-6,8-13H,1H2,(H,14,15)/t2-,3-,4+,5+,6?/m1/s1. The highest BCUT2D eigenvalue weighted by Crippen LogP contribution is 2.08. The third-order valence-corrected chi connectivity index (χ3v) is 1.86. The van der Waals surface area contributed by atoms with E-state index in [-0.39, 0.29) is 0 Å². The van der Waals surface area contributed by atoms with Crippen molar-refractivity contribution in [3.8, 4) is 0 Å². The molecule has 0 aromatic heterocycles. The van der Waals surface area contributed by atoms with Gasteiger partial charge >= 0.3 is 5.97 Å². The first-order chi connectivity index (χ1) is 6.82. The van der Waals surface area contributed by atoms with E-state index < -0.39 is 43.1 Å². The van der Waals surface area contributed by atoms with Crippen molar-refractivity contribution in [3.05, 3.63) is 0 Å². The Labute approximate surface area is 84.7 Å². The zero-order valence-corrected chi connectivity index (χ0v) is 7.63. The van der Waals surface area contributed by atoms with Gasteiger partial charge in [0.05, 0.1) is 6.61 Å². The third kappa shape index (κ3) is 3.70. The lowest BCUT2D eigenvalue weighted by Crippen LogP contribution is -2.51. The quantitative estimate of drug-likeness (QED) is 0.240. The summed E-state index contributed by atoms with van der Waals surface area (Å²) in [5.74, 6) is -1.78. The van der Waals surface area contributed by atoms with Gasteiger partial charge in [0.15, 0.2) is 6.10 Å². The number of hydrogen-bond acceptors (Lipinski definition) is 7. The van der Waals surface area contributed by atoms with Gasteiger partial charge < -0.3 is 35.7 Å². The molecule has 0 fully saturated rings. The van der Waals surface area contributed by atoms with E-state index in [1.165, 1.54) is 0 Å². The van der Waals surface area contributed by atoms with E-state index in [2.05, 4.69) is 0 Å². The zero-order valence-electron chi connectivity index (χ0n) is 7.63. The smallest absolute Gasteiger partial charge is 0.335 e. The van der Waals surface area contributed by atoms with E-state index in [1.807, 2.05) is 0 Å². The van der Waals surface area contributed by atoms with Crippen molar-refractivity contribution in [3.63, 3.8) is 0 Å². The first kappa shape index (κ1) is 14.2. The topological polar surface area (TPSA) is 159 Å². The predicted octanol–water partition coefficient (Wildman–Crippen LogP) is -4.13. The fourth-order valence-corrected chi connectivity index (χ4v) is 0.870. The Kier molecular flexibility index (Phi) is 5.65. The second kappa shape index (κ2) is 5.95. The first-order valence-electron chi connectivity index (χ1n) is 4.07. The van der Waals surface area contributed by atoms with Crippen molar-refractivity contribution in [1.29, 1.82) is 0 Å². The van der Waals surface area contributed by atoms with Gasteiger partial charge in [-0.1, -0.05) is 0 Å². The Morgan fingerprint density at radius 2 is 1.40 bits per heavy atom. The van der Waals surface area contributed by atoms with Crippen molar-refractivity contribution < 1.29 is 40.5 Å². The van der Waals surface area contributed by atoms with Crippen LogP contribution in [0.4, 0.5) is 0 Å². The van der Waals surface area contributed by atoms with E-state index in [0.717, 1.165) is 0 Å². The van der Waals surface area contributed by atoms with Gasteiger partial charge in [0.1, 0.15) is 24.4 Å². The zero-order chi connectivity index (χ0) is 12.2. The molecule has 0 rings (SSSR count). The molecule has 0 spiro atoms. The minimum Gasteiger partial charge on any atom is -0.479 e. The van der Waals surface area contributed by atoms with Gasteiger partial charge in [0.25, 0.3) is 0 Å². The maximum absolute atomic E-state index is 10.2. The van der Waals surface area contributed by atoms with Gasteiger partial charge in [-0.25, -0.2) is 4.79 Å². The Balaban J connectivity index is 4.42. The van der Waals surface area contributed by atoms with E-state index in [0.29, 0.717) is 0 Å². The molecule has 90 valence electrons. The number of carboxylic acid groups (broad SMARTS) is 1. The minimum absolute atomic E-state index is 0.881. The first-order valence-corrected chi connectivity index (χ1v) is 4.07. The maximum atomic E-state index is 10.2. The second-order valence-electron chi connectivity index (χ2n) is 3.00. The Bertz CT molecular complexity index is 207. The molecule has 0 aromatic rings. The van der Waals surface area contributed by atoms with Gasteiger partial charge in [-0.15, -0.1) is 0 Å². The molecule has 0 aliphatic heterocycles. The molecule has 0 radical (unpaired) electrons. The van der Waals surface area contributed by atoms with Crippen LogP contribution in [0.15, 0.2) is 0 Å². The lowest BCUT2D eigenvalue weighted by Gasteiger charge is -2.26. The van der Waals surface area contributed by atoms with Crippen molar-refractivity contribution in [2.75, 3.05) is 6.61 Å². The molecular weight excluding hydrogens is 212 g/mol. The highest BCUT2D eigenvalue weighted by atomic mass is 16.4. The molecule has 0 aliphatic carbocycles. The average molecular weight is 226 g/mol. The Morgan fingerprint density at radius 3 is 1.73 bits per heavy atom. The molecule has 0 amide bonds. The Morgan fingerprint density at radius 1 is 0.933 bits per heavy atom. The van der Waals surface area contributed by atoms with Crippen LogP contribution in [0.3, 0.4) is 0 Å². The summed E-state index contributed by atoms with van der Waals surface area (Å²) in [7, 11) is 0. The molecule has 0 saturated carbocycles. The number of aliphatic hydroxyl groups excluding tert-OH is 6. The Hall–Kier alpha value is -0.770. The summed E-state index contributed by atoms with van der Waals surface area (Å²) in [4.78, 5) is 10.2. The molecular formula is C7H14O8. The maximum Gasteiger partial charge on any atom is 0.335 e. The van der Waals surface area contributed by atoms with Crippen LogP contribution >= 0.6 is 0 Å². The van der Waals surface area contributed by atoms with Crippen molar-refractivity contribution >= 4 is 5.97 Å². The molecule has 0 heterocycles. The number of carbonyl (C=O) groups is 1. The summed E-state index contributed by atoms with van der Waals surface area (Å²) in [6, 6.07) is 0. The number of hydrogen-bond donors (Lipinski definition) is 7. The van der Waals surface area contributed by atoms with E-state index in [9.17, 15) is 4.79 Å². The van der Waals surface area contributed by atoms with E-state index in [1.54, 1.807) is 0 Å². The van der Waals surface area contributed by atoms with Gasteiger partial charge in [0, 0.05) is 0 Å². The number of rotatable bonds is 6. The normalized spacial score (nSPS) is 21.5. The van der Waals surface area contributed by atoms with Crippen LogP contribution in [0.25, 0.3) is 0 Å². The number of aliphatic hydroxyl groups is 6. The molecule has 0 aromatic carbocycles. The summed E-state index contributed by atoms with van der Waals surface area (Å²) in [6.07, 6.45) is -10.2. The van der Waals surface area contributed by atoms with Crippen LogP contribution in [0.1, 0.15) is 0 Å². The van der Waals surface area contributed by atoms with Crippen LogP contribution in [-0.4, -0.2) is 78.8 Å². The average Bonchev–Trinajstić information content (AvgIpc) is 2.23. The highest BCUT2D eigenvalue weighted by Gasteiger charge is 2.36. The van der Waals surface area contributed by atoms with Gasteiger partial charge in [-0.2, -0.15) is 0 Å². The van der Waals surface area contributed by atoms with Crippen LogP contribution in [-0.2, 0) is 4.79 Å². The fourth-order valence-electron chi connectivity index (χ4n) is 0.870. The van der Waals surface area contributed by atoms with Gasteiger partial charge in [-0.3, -0.25) is 0 Å². The monoisotopic (exact) mass is 226 g/mol. The summed E-state index contributed by atoms with van der Waals surface area (Å²) in [5, 5.41) is 61.5. The largest absolute Gasteiger partial charge is 0.479 e. The SMILES string of the molecule is O=C(O)C(O)[C@@H](O)[C@@H](O)[C@H](O)[C@H](O)CO. The van der Waals surface area contributed by atoms with Crippen LogP contribution in [0.5, 0.6) is 0 Å². The molecule has 1 unspecified atom stereocenters. The molecule has 7 N–H and O–H groups in total. The van der Waals surface area contributed by atoms with E-state index in [4.69, 9.17) is 35.7 Å². The molecule has 0 aliphatic rings. The van der Waals surface area contributed by atoms with Gasteiger partial charge in [-0.05, 0) is 0 Å². The molecule has 8 heteroatoms. The summed E-state index contributed by atoms with van der Waals surface area (Å²) in [5.41, 5.74) is 0. The highest BCUT2D eigenvalue weighted by molar-refractivity contribution is 5.72. The molecule has 8 nitrogen and oxygen atoms in total. The van der Waals surface area contributed by atoms with Crippen LogP contribution in [0, 0.1) is 0 Å². The fraction of sp³-hybridized carbons (Fsp3) is 0.857. The second-order valence-corrected chi connectivity index (χ2v) is 3.00. The molecule has 0 saturated heterocycles. The molecule has 0 bridgehead atoms. The van der Waals surface area contributed by atoms with Crippen molar-refractivity contribution in [2.45, 2.75) is 30.5 Å². The number of carboxylic acids is 1.